The maximum atomic E-state index is 2.30. The zero-order chi connectivity index (χ0) is 15.3. The Labute approximate surface area is 133 Å². The highest BCUT2D eigenvalue weighted by atomic mass is 14.1. The van der Waals surface area contributed by atoms with Crippen LogP contribution < -0.4 is 0 Å². The fourth-order valence-electron chi connectivity index (χ4n) is 3.06. The summed E-state index contributed by atoms with van der Waals surface area (Å²) in [5.74, 6) is 0. The van der Waals surface area contributed by atoms with Crippen LogP contribution in [-0.2, 0) is 6.42 Å². The molecule has 0 spiro atoms. The summed E-state index contributed by atoms with van der Waals surface area (Å²) in [6.07, 6.45) is 17.0. The van der Waals surface area contributed by atoms with Crippen LogP contribution in [0.2, 0.25) is 0 Å². The van der Waals surface area contributed by atoms with Gasteiger partial charge in [-0.05, 0) is 43.4 Å². The van der Waals surface area contributed by atoms with Gasteiger partial charge in [-0.15, -0.1) is 0 Å². The van der Waals surface area contributed by atoms with Gasteiger partial charge in [0.15, 0.2) is 0 Å². The van der Waals surface area contributed by atoms with Gasteiger partial charge < -0.3 is 0 Å². The van der Waals surface area contributed by atoms with E-state index in [1.807, 2.05) is 0 Å². The molecule has 0 saturated carbocycles. The van der Waals surface area contributed by atoms with E-state index in [9.17, 15) is 0 Å². The molecule has 0 unspecified atom stereocenters. The van der Waals surface area contributed by atoms with Crippen LogP contribution in [0.25, 0.3) is 0 Å². The van der Waals surface area contributed by atoms with Gasteiger partial charge in [-0.25, -0.2) is 0 Å². The summed E-state index contributed by atoms with van der Waals surface area (Å²) in [5, 5.41) is 0. The zero-order valence-corrected chi connectivity index (χ0v) is 14.7. The Morgan fingerprint density at radius 2 is 1.19 bits per heavy atom. The van der Waals surface area contributed by atoms with Crippen molar-refractivity contribution < 1.29 is 0 Å². The molecule has 0 aromatic heterocycles. The number of rotatable bonds is 12. The highest BCUT2D eigenvalue weighted by Crippen LogP contribution is 2.17. The summed E-state index contributed by atoms with van der Waals surface area (Å²) in [5.41, 5.74) is 4.51. The highest BCUT2D eigenvalue weighted by Gasteiger charge is 2.00. The molecule has 0 aliphatic rings. The lowest BCUT2D eigenvalue weighted by atomic mass is 9.98. The van der Waals surface area contributed by atoms with Crippen molar-refractivity contribution in [1.82, 2.24) is 0 Å². The van der Waals surface area contributed by atoms with Gasteiger partial charge in [-0.3, -0.25) is 0 Å². The third kappa shape index (κ3) is 8.29. The van der Waals surface area contributed by atoms with E-state index in [2.05, 4.69) is 39.0 Å². The minimum Gasteiger partial charge on any atom is -0.0654 e. The Hall–Kier alpha value is -0.780. The number of hydrogen-bond acceptors (Lipinski definition) is 0. The Balaban J connectivity index is 1.94. The molecule has 0 bridgehead atoms. The molecule has 120 valence electrons. The molecule has 0 saturated heterocycles. The number of benzene rings is 1. The van der Waals surface area contributed by atoms with Gasteiger partial charge in [-0.1, -0.05) is 89.3 Å². The molecule has 0 heterocycles. The number of hydrogen-bond donors (Lipinski definition) is 0. The maximum Gasteiger partial charge on any atom is -0.0276 e. The van der Waals surface area contributed by atoms with E-state index >= 15 is 0 Å². The van der Waals surface area contributed by atoms with Gasteiger partial charge in [0, 0.05) is 0 Å². The van der Waals surface area contributed by atoms with Crippen molar-refractivity contribution in [2.75, 3.05) is 0 Å². The van der Waals surface area contributed by atoms with E-state index in [4.69, 9.17) is 0 Å². The standard InChI is InChI=1S/C21H36/c1-4-5-6-7-8-9-10-11-12-13-14-17-21-18-15-16-19(2)20(21)3/h15-16,18H,4-14,17H2,1-3H3. The average molecular weight is 289 g/mol. The van der Waals surface area contributed by atoms with Gasteiger partial charge in [0.1, 0.15) is 0 Å². The van der Waals surface area contributed by atoms with Crippen LogP contribution in [0.5, 0.6) is 0 Å². The monoisotopic (exact) mass is 288 g/mol. The molecule has 0 aliphatic carbocycles. The lowest BCUT2D eigenvalue weighted by Crippen LogP contribution is -1.92. The first-order chi connectivity index (χ1) is 10.3. The van der Waals surface area contributed by atoms with E-state index < -0.39 is 0 Å². The third-order valence-corrected chi connectivity index (χ3v) is 4.77. The first kappa shape index (κ1) is 18.3. The van der Waals surface area contributed by atoms with E-state index in [1.165, 1.54) is 88.2 Å². The van der Waals surface area contributed by atoms with Crippen LogP contribution in [0.15, 0.2) is 18.2 Å². The predicted molar refractivity (Wildman–Crippen MR) is 96.1 cm³/mol. The van der Waals surface area contributed by atoms with E-state index in [1.54, 1.807) is 5.56 Å². The van der Waals surface area contributed by atoms with E-state index in [0.717, 1.165) is 0 Å². The van der Waals surface area contributed by atoms with Crippen molar-refractivity contribution >= 4 is 0 Å². The van der Waals surface area contributed by atoms with Gasteiger partial charge in [0.25, 0.3) is 0 Å². The van der Waals surface area contributed by atoms with E-state index in [-0.39, 0.29) is 0 Å². The fourth-order valence-corrected chi connectivity index (χ4v) is 3.06. The summed E-state index contributed by atoms with van der Waals surface area (Å²) < 4.78 is 0. The SMILES string of the molecule is CCCCCCCCCCCCCc1cccc(C)c1C. The predicted octanol–water partition coefficient (Wildman–Crippen LogP) is 7.16. The van der Waals surface area contributed by atoms with Crippen molar-refractivity contribution in [3.63, 3.8) is 0 Å². The van der Waals surface area contributed by atoms with Crippen LogP contribution in [0.4, 0.5) is 0 Å². The van der Waals surface area contributed by atoms with Crippen molar-refractivity contribution in [1.29, 1.82) is 0 Å². The minimum absolute atomic E-state index is 1.27. The summed E-state index contributed by atoms with van der Waals surface area (Å²) in [6.45, 7) is 6.78. The molecule has 0 fully saturated rings. The second-order valence-corrected chi connectivity index (χ2v) is 6.64. The summed E-state index contributed by atoms with van der Waals surface area (Å²) in [7, 11) is 0. The molecule has 1 rings (SSSR count). The Morgan fingerprint density at radius 3 is 1.76 bits per heavy atom. The number of unbranched alkanes of at least 4 members (excludes halogenated alkanes) is 10. The highest BCUT2D eigenvalue weighted by molar-refractivity contribution is 5.33. The van der Waals surface area contributed by atoms with Crippen molar-refractivity contribution in [3.8, 4) is 0 Å². The first-order valence-electron chi connectivity index (χ1n) is 9.30. The van der Waals surface area contributed by atoms with Crippen molar-refractivity contribution in [2.24, 2.45) is 0 Å². The molecule has 1 aromatic rings. The molecular formula is C21H36. The van der Waals surface area contributed by atoms with Gasteiger partial charge in [-0.2, -0.15) is 0 Å². The molecular weight excluding hydrogens is 252 g/mol. The topological polar surface area (TPSA) is 0 Å². The number of aryl methyl sites for hydroxylation is 2. The third-order valence-electron chi connectivity index (χ3n) is 4.77. The first-order valence-corrected chi connectivity index (χ1v) is 9.30. The van der Waals surface area contributed by atoms with Crippen LogP contribution >= 0.6 is 0 Å². The van der Waals surface area contributed by atoms with Gasteiger partial charge >= 0.3 is 0 Å². The van der Waals surface area contributed by atoms with Crippen molar-refractivity contribution in [3.05, 3.63) is 34.9 Å². The maximum absolute atomic E-state index is 2.30. The van der Waals surface area contributed by atoms with Crippen LogP contribution in [0.3, 0.4) is 0 Å². The fraction of sp³-hybridized carbons (Fsp3) is 0.714. The molecule has 0 atom stereocenters. The van der Waals surface area contributed by atoms with Crippen LogP contribution in [0.1, 0.15) is 94.2 Å². The largest absolute Gasteiger partial charge is 0.0654 e. The van der Waals surface area contributed by atoms with Gasteiger partial charge in [0.05, 0.1) is 0 Å². The minimum atomic E-state index is 1.27. The molecule has 0 amide bonds. The van der Waals surface area contributed by atoms with Crippen molar-refractivity contribution in [2.45, 2.75) is 97.8 Å². The van der Waals surface area contributed by atoms with Gasteiger partial charge in [0.2, 0.25) is 0 Å². The molecule has 0 radical (unpaired) electrons. The molecule has 0 nitrogen and oxygen atoms in total. The summed E-state index contributed by atoms with van der Waals surface area (Å²) in [6, 6.07) is 6.73. The average Bonchev–Trinajstić information content (AvgIpc) is 2.49. The lowest BCUT2D eigenvalue weighted by molar-refractivity contribution is 0.549. The lowest BCUT2D eigenvalue weighted by Gasteiger charge is -2.08. The zero-order valence-electron chi connectivity index (χ0n) is 14.7. The normalized spacial score (nSPS) is 11.0. The van der Waals surface area contributed by atoms with E-state index in [0.29, 0.717) is 0 Å². The summed E-state index contributed by atoms with van der Waals surface area (Å²) in [4.78, 5) is 0. The molecule has 0 heteroatoms. The smallest absolute Gasteiger partial charge is 0.0276 e. The Bertz CT molecular complexity index is 364. The molecule has 1 aromatic carbocycles. The summed E-state index contributed by atoms with van der Waals surface area (Å²) >= 11 is 0. The Kier molecular flexibility index (Phi) is 10.3. The molecule has 21 heavy (non-hydrogen) atoms. The quantitative estimate of drug-likeness (QED) is 0.358. The van der Waals surface area contributed by atoms with Crippen LogP contribution in [-0.4, -0.2) is 0 Å². The second kappa shape index (κ2) is 11.8. The molecule has 0 aliphatic heterocycles. The Morgan fingerprint density at radius 1 is 0.667 bits per heavy atom. The van der Waals surface area contributed by atoms with Crippen LogP contribution in [0, 0.1) is 13.8 Å². The second-order valence-electron chi connectivity index (χ2n) is 6.64. The molecule has 0 N–H and O–H groups in total.